The van der Waals surface area contributed by atoms with E-state index in [1.165, 1.54) is 17.8 Å². The van der Waals surface area contributed by atoms with E-state index in [-0.39, 0.29) is 17.9 Å². The summed E-state index contributed by atoms with van der Waals surface area (Å²) in [6.45, 7) is 2.51. The van der Waals surface area contributed by atoms with Gasteiger partial charge in [-0.25, -0.2) is 20.0 Å². The third-order valence-corrected chi connectivity index (χ3v) is 4.43. The zero-order valence-electron chi connectivity index (χ0n) is 13.0. The van der Waals surface area contributed by atoms with Gasteiger partial charge in [-0.15, -0.1) is 0 Å². The van der Waals surface area contributed by atoms with Crippen molar-refractivity contribution < 1.29 is 18.4 Å². The molecule has 126 valence electrons. The van der Waals surface area contributed by atoms with Crippen LogP contribution in [0, 0.1) is 0 Å². The van der Waals surface area contributed by atoms with Crippen LogP contribution in [0.5, 0.6) is 0 Å². The second kappa shape index (κ2) is 6.17. The van der Waals surface area contributed by atoms with Crippen LogP contribution in [-0.2, 0) is 9.59 Å². The second-order valence-corrected chi connectivity index (χ2v) is 5.82. The lowest BCUT2D eigenvalue weighted by Crippen LogP contribution is -2.56. The fourth-order valence-corrected chi connectivity index (χ4v) is 3.29. The first kappa shape index (κ1) is 15.0. The van der Waals surface area contributed by atoms with E-state index in [4.69, 9.17) is 8.83 Å². The quantitative estimate of drug-likeness (QED) is 0.745. The van der Waals surface area contributed by atoms with Gasteiger partial charge in [0.15, 0.2) is 12.8 Å². The number of hydrogen-bond acceptors (Lipinski definition) is 8. The molecule has 2 aromatic heterocycles. The van der Waals surface area contributed by atoms with E-state index in [1.807, 2.05) is 5.01 Å². The summed E-state index contributed by atoms with van der Waals surface area (Å²) >= 11 is 0. The highest BCUT2D eigenvalue weighted by molar-refractivity contribution is 6.01. The minimum Gasteiger partial charge on any atom is -0.451 e. The van der Waals surface area contributed by atoms with Gasteiger partial charge in [-0.3, -0.25) is 14.5 Å². The van der Waals surface area contributed by atoms with E-state index < -0.39 is 0 Å². The van der Waals surface area contributed by atoms with Crippen molar-refractivity contribution in [2.45, 2.75) is 18.9 Å². The van der Waals surface area contributed by atoms with Gasteiger partial charge in [-0.1, -0.05) is 0 Å². The maximum Gasteiger partial charge on any atom is 0.244 e. The van der Waals surface area contributed by atoms with Crippen molar-refractivity contribution in [2.75, 3.05) is 26.2 Å². The molecule has 0 radical (unpaired) electrons. The lowest BCUT2D eigenvalue weighted by molar-refractivity contribution is -0.160. The highest BCUT2D eigenvalue weighted by Crippen LogP contribution is 2.28. The summed E-state index contributed by atoms with van der Waals surface area (Å²) in [6, 6.07) is -0.172. The zero-order chi connectivity index (χ0) is 16.5. The summed E-state index contributed by atoms with van der Waals surface area (Å²) < 4.78 is 10.2. The van der Waals surface area contributed by atoms with Crippen molar-refractivity contribution >= 4 is 11.8 Å². The number of piperazine rings is 1. The van der Waals surface area contributed by atoms with Gasteiger partial charge < -0.3 is 8.83 Å². The molecule has 24 heavy (non-hydrogen) atoms. The lowest BCUT2D eigenvalue weighted by Gasteiger charge is -2.40. The Labute approximate surface area is 137 Å². The van der Waals surface area contributed by atoms with E-state index in [0.29, 0.717) is 39.0 Å². The Morgan fingerprint density at radius 1 is 0.875 bits per heavy atom. The van der Waals surface area contributed by atoms with Gasteiger partial charge in [0.05, 0.1) is 0 Å². The fraction of sp³-hybridized carbons (Fsp3) is 0.467. The lowest BCUT2D eigenvalue weighted by atomic mass is 10.1. The summed E-state index contributed by atoms with van der Waals surface area (Å²) in [5.41, 5.74) is 1.51. The predicted octanol–water partition coefficient (Wildman–Crippen LogP) is 0.434. The summed E-state index contributed by atoms with van der Waals surface area (Å²) in [6.07, 6.45) is 6.58. The Morgan fingerprint density at radius 3 is 1.88 bits per heavy atom. The molecule has 0 unspecified atom stereocenters. The van der Waals surface area contributed by atoms with Crippen LogP contribution in [0.25, 0.3) is 0 Å². The largest absolute Gasteiger partial charge is 0.451 e. The average molecular weight is 331 g/mol. The van der Waals surface area contributed by atoms with Crippen molar-refractivity contribution in [3.8, 4) is 0 Å². The van der Waals surface area contributed by atoms with Gasteiger partial charge in [0, 0.05) is 39.0 Å². The zero-order valence-corrected chi connectivity index (χ0v) is 13.0. The molecule has 0 saturated carbocycles. The molecule has 2 fully saturated rings. The summed E-state index contributed by atoms with van der Waals surface area (Å²) in [5, 5.41) is 3.13. The van der Waals surface area contributed by atoms with Crippen molar-refractivity contribution in [3.05, 3.63) is 36.7 Å². The minimum atomic E-state index is -0.172. The Hall–Kier alpha value is -2.52. The smallest absolute Gasteiger partial charge is 0.244 e. The summed E-state index contributed by atoms with van der Waals surface area (Å²) in [7, 11) is 0. The molecule has 2 aliphatic rings. The molecular weight excluding hydrogens is 314 g/mol. The number of hydrazine groups is 1. The van der Waals surface area contributed by atoms with Gasteiger partial charge in [0.25, 0.3) is 0 Å². The molecule has 0 bridgehead atoms. The van der Waals surface area contributed by atoms with Crippen molar-refractivity contribution in [2.24, 2.45) is 0 Å². The number of amides is 2. The predicted molar refractivity (Wildman–Crippen MR) is 79.1 cm³/mol. The normalized spacial score (nSPS) is 20.5. The van der Waals surface area contributed by atoms with E-state index in [9.17, 15) is 9.59 Å². The molecule has 0 spiro atoms. The van der Waals surface area contributed by atoms with Crippen molar-refractivity contribution in [3.63, 3.8) is 0 Å². The molecule has 4 rings (SSSR count). The topological polar surface area (TPSA) is 95.9 Å². The molecule has 0 aliphatic carbocycles. The Bertz CT molecular complexity index is 656. The number of rotatable bonds is 4. The van der Waals surface area contributed by atoms with Crippen LogP contribution in [-0.4, -0.2) is 62.9 Å². The Balaban J connectivity index is 1.49. The Morgan fingerprint density at radius 2 is 1.42 bits per heavy atom. The van der Waals surface area contributed by atoms with Crippen molar-refractivity contribution in [1.82, 2.24) is 24.9 Å². The molecule has 0 aromatic carbocycles. The van der Waals surface area contributed by atoms with Crippen LogP contribution in [0.15, 0.2) is 34.1 Å². The number of aromatic nitrogens is 2. The number of nitrogens with zero attached hydrogens (tertiary/aromatic N) is 5. The van der Waals surface area contributed by atoms with Gasteiger partial charge >= 0.3 is 0 Å². The van der Waals surface area contributed by atoms with Gasteiger partial charge in [0.2, 0.25) is 11.8 Å². The van der Waals surface area contributed by atoms with Gasteiger partial charge in [-0.05, 0) is 0 Å². The number of carbonyl (C=O) groups excluding carboxylic acids is 2. The van der Waals surface area contributed by atoms with Crippen LogP contribution in [0.1, 0.15) is 30.3 Å². The first-order chi connectivity index (χ1) is 11.7. The Kier molecular flexibility index (Phi) is 3.87. The maximum absolute atomic E-state index is 11.9. The molecule has 2 saturated heterocycles. The molecule has 2 aromatic rings. The second-order valence-electron chi connectivity index (χ2n) is 5.82. The summed E-state index contributed by atoms with van der Waals surface area (Å²) in [5.74, 6) is -0.226. The molecule has 4 heterocycles. The van der Waals surface area contributed by atoms with Crippen LogP contribution < -0.4 is 0 Å². The number of carbonyl (C=O) groups is 2. The van der Waals surface area contributed by atoms with E-state index in [2.05, 4.69) is 14.9 Å². The molecule has 2 aliphatic heterocycles. The third-order valence-electron chi connectivity index (χ3n) is 4.43. The van der Waals surface area contributed by atoms with Gasteiger partial charge in [0.1, 0.15) is 30.0 Å². The van der Waals surface area contributed by atoms with Crippen LogP contribution in [0.4, 0.5) is 0 Å². The van der Waals surface area contributed by atoms with Crippen LogP contribution in [0.3, 0.4) is 0 Å². The number of imide groups is 1. The minimum absolute atomic E-state index is 0.113. The van der Waals surface area contributed by atoms with E-state index in [0.717, 1.165) is 11.4 Å². The first-order valence-corrected chi connectivity index (χ1v) is 7.85. The highest BCUT2D eigenvalue weighted by Gasteiger charge is 2.37. The number of oxazole rings is 2. The number of hydrogen-bond donors (Lipinski definition) is 0. The molecule has 9 nitrogen and oxygen atoms in total. The average Bonchev–Trinajstić information content (AvgIpc) is 3.33. The molecular formula is C15H17N5O4. The van der Waals surface area contributed by atoms with E-state index in [1.54, 1.807) is 12.5 Å². The van der Waals surface area contributed by atoms with Gasteiger partial charge in [-0.2, -0.15) is 0 Å². The highest BCUT2D eigenvalue weighted by atomic mass is 16.3. The maximum atomic E-state index is 11.9. The molecule has 9 heteroatoms. The SMILES string of the molecule is O=C1CCC(=O)N1N1CCN(C(c2cocn2)c2cocn2)CC1. The fourth-order valence-electron chi connectivity index (χ4n) is 3.29. The van der Waals surface area contributed by atoms with Crippen molar-refractivity contribution in [1.29, 1.82) is 0 Å². The first-order valence-electron chi connectivity index (χ1n) is 7.85. The standard InChI is InChI=1S/C15H17N5O4/c21-13-1-2-14(22)20(13)19-5-3-18(4-6-19)15(11-7-23-9-16-11)12-8-24-10-17-12/h7-10,15H,1-6H2. The monoisotopic (exact) mass is 331 g/mol. The molecule has 2 amide bonds. The van der Waals surface area contributed by atoms with Crippen LogP contribution in [0.2, 0.25) is 0 Å². The third kappa shape index (κ3) is 2.61. The summed E-state index contributed by atoms with van der Waals surface area (Å²) in [4.78, 5) is 34.4. The van der Waals surface area contributed by atoms with E-state index >= 15 is 0 Å². The van der Waals surface area contributed by atoms with Crippen LogP contribution >= 0.6 is 0 Å². The molecule has 0 N–H and O–H groups in total. The molecule has 0 atom stereocenters.